The molecule has 2 heteroatoms. The zero-order valence-corrected chi connectivity index (χ0v) is 8.25. The van der Waals surface area contributed by atoms with Crippen molar-refractivity contribution in [1.29, 1.82) is 0 Å². The van der Waals surface area contributed by atoms with E-state index in [0.717, 1.165) is 5.02 Å². The van der Waals surface area contributed by atoms with E-state index < -0.39 is 0 Å². The fraction of sp³-hybridized carbons (Fsp3) is 0.333. The lowest BCUT2D eigenvalue weighted by Gasteiger charge is -2.05. The van der Waals surface area contributed by atoms with Crippen molar-refractivity contribution in [1.82, 2.24) is 0 Å². The molecular formula is C9H11ClS. The molecule has 0 bridgehead atoms. The summed E-state index contributed by atoms with van der Waals surface area (Å²) < 4.78 is 0. The molecule has 0 unspecified atom stereocenters. The zero-order valence-electron chi connectivity index (χ0n) is 6.67. The molecule has 1 aromatic rings. The number of hydrogen-bond acceptors (Lipinski definition) is 1. The Hall–Kier alpha value is -0.140. The highest BCUT2D eigenvalue weighted by molar-refractivity contribution is 8.00. The van der Waals surface area contributed by atoms with Crippen LogP contribution in [0.5, 0.6) is 0 Å². The molecule has 0 N–H and O–H groups in total. The van der Waals surface area contributed by atoms with Crippen molar-refractivity contribution in [2.24, 2.45) is 0 Å². The van der Waals surface area contributed by atoms with Crippen LogP contribution in [0, 0.1) is 0 Å². The smallest absolute Gasteiger partial charge is 0.0541 e. The Morgan fingerprint density at radius 2 is 1.91 bits per heavy atom. The number of thioether (sulfide) groups is 1. The van der Waals surface area contributed by atoms with Crippen LogP contribution in [0.25, 0.3) is 0 Å². The van der Waals surface area contributed by atoms with E-state index in [1.165, 1.54) is 4.90 Å². The van der Waals surface area contributed by atoms with E-state index in [1.54, 1.807) is 11.8 Å². The first kappa shape index (κ1) is 8.95. The van der Waals surface area contributed by atoms with Crippen molar-refractivity contribution in [3.8, 4) is 0 Å². The molecule has 11 heavy (non-hydrogen) atoms. The van der Waals surface area contributed by atoms with Crippen molar-refractivity contribution in [3.63, 3.8) is 0 Å². The number of hydrogen-bond donors (Lipinski definition) is 0. The normalized spacial score (nSPS) is 10.5. The first-order valence-corrected chi connectivity index (χ1v) is 4.87. The predicted octanol–water partition coefficient (Wildman–Crippen LogP) is 3.84. The Morgan fingerprint density at radius 3 is 2.45 bits per heavy atom. The van der Waals surface area contributed by atoms with Crippen molar-refractivity contribution in [3.05, 3.63) is 29.3 Å². The predicted molar refractivity (Wildman–Crippen MR) is 52.4 cm³/mol. The fourth-order valence-electron chi connectivity index (χ4n) is 0.794. The summed E-state index contributed by atoms with van der Waals surface area (Å²) >= 11 is 7.74. The van der Waals surface area contributed by atoms with Gasteiger partial charge in [-0.05, 0) is 12.1 Å². The van der Waals surface area contributed by atoms with Gasteiger partial charge in [0.25, 0.3) is 0 Å². The second-order valence-electron chi connectivity index (χ2n) is 2.60. The Morgan fingerprint density at radius 1 is 1.27 bits per heavy atom. The molecule has 0 fully saturated rings. The molecule has 0 heterocycles. The average molecular weight is 187 g/mol. The lowest BCUT2D eigenvalue weighted by molar-refractivity contribution is 1.11. The van der Waals surface area contributed by atoms with Gasteiger partial charge in [-0.3, -0.25) is 0 Å². The highest BCUT2D eigenvalue weighted by Crippen LogP contribution is 2.29. The largest absolute Gasteiger partial charge is 0.122 e. The summed E-state index contributed by atoms with van der Waals surface area (Å²) in [6, 6.07) is 7.93. The van der Waals surface area contributed by atoms with E-state index in [9.17, 15) is 0 Å². The molecule has 1 rings (SSSR count). The van der Waals surface area contributed by atoms with Crippen LogP contribution in [-0.2, 0) is 0 Å². The van der Waals surface area contributed by atoms with Gasteiger partial charge in [-0.2, -0.15) is 0 Å². The monoisotopic (exact) mass is 186 g/mol. The van der Waals surface area contributed by atoms with Crippen LogP contribution in [0.1, 0.15) is 13.8 Å². The fourth-order valence-corrected chi connectivity index (χ4v) is 1.91. The van der Waals surface area contributed by atoms with Gasteiger partial charge >= 0.3 is 0 Å². The van der Waals surface area contributed by atoms with Crippen LogP contribution in [-0.4, -0.2) is 5.25 Å². The van der Waals surface area contributed by atoms with Gasteiger partial charge < -0.3 is 0 Å². The van der Waals surface area contributed by atoms with Gasteiger partial charge in [-0.25, -0.2) is 0 Å². The van der Waals surface area contributed by atoms with Crippen molar-refractivity contribution in [2.75, 3.05) is 0 Å². The maximum Gasteiger partial charge on any atom is 0.0541 e. The minimum absolute atomic E-state index is 0.592. The molecule has 0 atom stereocenters. The highest BCUT2D eigenvalue weighted by atomic mass is 35.5. The molecule has 0 spiro atoms. The van der Waals surface area contributed by atoms with Crippen molar-refractivity contribution in [2.45, 2.75) is 24.0 Å². The molecular weight excluding hydrogens is 176 g/mol. The molecule has 0 aliphatic rings. The third-order valence-electron chi connectivity index (χ3n) is 1.20. The second-order valence-corrected chi connectivity index (χ2v) is 4.62. The topological polar surface area (TPSA) is 0 Å². The van der Waals surface area contributed by atoms with Crippen LogP contribution in [0.2, 0.25) is 5.02 Å². The number of rotatable bonds is 2. The van der Waals surface area contributed by atoms with Gasteiger partial charge in [0.05, 0.1) is 5.02 Å². The Labute approximate surface area is 77.0 Å². The van der Waals surface area contributed by atoms with E-state index >= 15 is 0 Å². The standard InChI is InChI=1S/C9H11ClS/c1-7(2)11-9-6-4-3-5-8(9)10/h3-7H,1-2H3. The van der Waals surface area contributed by atoms with E-state index in [0.29, 0.717) is 5.25 Å². The van der Waals surface area contributed by atoms with Crippen LogP contribution in [0.4, 0.5) is 0 Å². The first-order valence-electron chi connectivity index (χ1n) is 3.61. The Balaban J connectivity index is 2.78. The number of halogens is 1. The van der Waals surface area contributed by atoms with Crippen LogP contribution >= 0.6 is 23.4 Å². The molecule has 0 radical (unpaired) electrons. The Kier molecular flexibility index (Phi) is 3.28. The summed E-state index contributed by atoms with van der Waals surface area (Å²) in [5.74, 6) is 0. The first-order chi connectivity index (χ1) is 5.20. The van der Waals surface area contributed by atoms with Gasteiger partial charge in [-0.15, -0.1) is 11.8 Å². The summed E-state index contributed by atoms with van der Waals surface area (Å²) in [5, 5.41) is 1.45. The maximum atomic E-state index is 5.95. The molecule has 0 amide bonds. The summed E-state index contributed by atoms with van der Waals surface area (Å²) in [7, 11) is 0. The molecule has 60 valence electrons. The Bertz CT molecular complexity index is 233. The molecule has 0 aliphatic heterocycles. The SMILES string of the molecule is CC(C)Sc1ccccc1Cl. The molecule has 0 saturated heterocycles. The van der Waals surface area contributed by atoms with E-state index in [2.05, 4.69) is 13.8 Å². The third kappa shape index (κ3) is 2.76. The van der Waals surface area contributed by atoms with E-state index in [-0.39, 0.29) is 0 Å². The van der Waals surface area contributed by atoms with Gasteiger partial charge in [0.1, 0.15) is 0 Å². The second kappa shape index (κ2) is 4.03. The van der Waals surface area contributed by atoms with Gasteiger partial charge in [0, 0.05) is 10.1 Å². The number of benzene rings is 1. The summed E-state index contributed by atoms with van der Waals surface area (Å²) in [5.41, 5.74) is 0. The highest BCUT2D eigenvalue weighted by Gasteiger charge is 2.00. The van der Waals surface area contributed by atoms with Crippen molar-refractivity contribution >= 4 is 23.4 Å². The lowest BCUT2D eigenvalue weighted by atomic mass is 10.4. The van der Waals surface area contributed by atoms with Crippen LogP contribution in [0.15, 0.2) is 29.2 Å². The quantitative estimate of drug-likeness (QED) is 0.633. The summed E-state index contributed by atoms with van der Waals surface area (Å²) in [6.45, 7) is 4.32. The average Bonchev–Trinajstić information content (AvgIpc) is 1.93. The third-order valence-corrected chi connectivity index (χ3v) is 2.72. The maximum absolute atomic E-state index is 5.95. The molecule has 0 aliphatic carbocycles. The van der Waals surface area contributed by atoms with Gasteiger partial charge in [0.15, 0.2) is 0 Å². The van der Waals surface area contributed by atoms with Gasteiger partial charge in [0.2, 0.25) is 0 Å². The van der Waals surface area contributed by atoms with E-state index in [4.69, 9.17) is 11.6 Å². The zero-order chi connectivity index (χ0) is 8.27. The van der Waals surface area contributed by atoms with Gasteiger partial charge in [-0.1, -0.05) is 37.6 Å². The van der Waals surface area contributed by atoms with E-state index in [1.807, 2.05) is 24.3 Å². The lowest BCUT2D eigenvalue weighted by Crippen LogP contribution is -1.85. The molecule has 0 aromatic heterocycles. The summed E-state index contributed by atoms with van der Waals surface area (Å²) in [6.07, 6.45) is 0. The van der Waals surface area contributed by atoms with Crippen LogP contribution < -0.4 is 0 Å². The minimum Gasteiger partial charge on any atom is -0.122 e. The molecule has 0 nitrogen and oxygen atoms in total. The minimum atomic E-state index is 0.592. The molecule has 1 aromatic carbocycles. The molecule has 0 saturated carbocycles. The van der Waals surface area contributed by atoms with Crippen LogP contribution in [0.3, 0.4) is 0 Å². The van der Waals surface area contributed by atoms with Crippen molar-refractivity contribution < 1.29 is 0 Å². The summed E-state index contributed by atoms with van der Waals surface area (Å²) in [4.78, 5) is 1.17.